The molecule has 1 aliphatic rings. The fraction of sp³-hybridized carbons (Fsp3) is 0.308. The van der Waals surface area contributed by atoms with E-state index in [1.165, 1.54) is 49.6 Å². The smallest absolute Gasteiger partial charge is 0.276 e. The van der Waals surface area contributed by atoms with Crippen LogP contribution in [0.1, 0.15) is 41.7 Å². The highest BCUT2D eigenvalue weighted by atomic mass is 32.2. The monoisotopic (exact) mass is 504 g/mol. The van der Waals surface area contributed by atoms with Gasteiger partial charge in [-0.05, 0) is 67.4 Å². The molecular weight excluding hydrogens is 476 g/mol. The zero-order chi connectivity index (χ0) is 25.1. The van der Waals surface area contributed by atoms with Crippen LogP contribution in [-0.2, 0) is 16.4 Å². The normalized spacial score (nSPS) is 15.0. The summed E-state index contributed by atoms with van der Waals surface area (Å²) in [6.45, 7) is 3.13. The van der Waals surface area contributed by atoms with Gasteiger partial charge in [0.25, 0.3) is 5.91 Å². The minimum atomic E-state index is -3.41. The predicted molar refractivity (Wildman–Crippen MR) is 138 cm³/mol. The summed E-state index contributed by atoms with van der Waals surface area (Å²) >= 11 is 0. The Morgan fingerprint density at radius 3 is 2.53 bits per heavy atom. The first-order chi connectivity index (χ1) is 17.4. The number of carbonyl (C=O) groups excluding carboxylic acids is 1. The number of hydrogen-bond donors (Lipinski definition) is 2. The molecule has 0 radical (unpaired) electrons. The van der Waals surface area contributed by atoms with E-state index in [0.29, 0.717) is 11.1 Å². The molecule has 0 atom stereocenters. The van der Waals surface area contributed by atoms with Gasteiger partial charge in [-0.25, -0.2) is 13.4 Å². The highest BCUT2D eigenvalue weighted by molar-refractivity contribution is 7.90. The van der Waals surface area contributed by atoms with Crippen molar-refractivity contribution in [3.8, 4) is 11.1 Å². The lowest BCUT2D eigenvalue weighted by molar-refractivity contribution is 0.102. The van der Waals surface area contributed by atoms with Crippen molar-refractivity contribution < 1.29 is 13.2 Å². The maximum Gasteiger partial charge on any atom is 0.276 e. The van der Waals surface area contributed by atoms with Crippen LogP contribution in [0.25, 0.3) is 22.0 Å². The predicted octanol–water partition coefficient (Wildman–Crippen LogP) is 4.05. The van der Waals surface area contributed by atoms with Crippen molar-refractivity contribution in [2.45, 2.75) is 37.3 Å². The molecule has 4 heterocycles. The second-order valence-corrected chi connectivity index (χ2v) is 11.2. The number of anilines is 1. The number of nitrogens with one attached hydrogen (secondary N) is 2. The van der Waals surface area contributed by atoms with Crippen LogP contribution in [-0.4, -0.2) is 58.7 Å². The third-order valence-electron chi connectivity index (χ3n) is 6.39. The SMILES string of the molecule is CS(=O)(=O)c1ccc(NC(=O)c2n[nH]c3ccc(-c4cncc(CN5CCCCCC5)c4)cc23)cn1. The Morgan fingerprint density at radius 2 is 1.81 bits per heavy atom. The van der Waals surface area contributed by atoms with E-state index in [1.807, 2.05) is 30.6 Å². The fourth-order valence-corrected chi connectivity index (χ4v) is 5.07. The molecule has 0 unspecified atom stereocenters. The van der Waals surface area contributed by atoms with Gasteiger partial charge >= 0.3 is 0 Å². The molecule has 0 spiro atoms. The molecule has 2 N–H and O–H groups in total. The van der Waals surface area contributed by atoms with E-state index in [-0.39, 0.29) is 10.7 Å². The van der Waals surface area contributed by atoms with Crippen molar-refractivity contribution in [1.29, 1.82) is 0 Å². The standard InChI is InChI=1S/C26H28N6O3S/c1-36(34,35)24-9-7-21(16-28-24)29-26(33)25-22-13-19(6-8-23(22)30-31-25)20-12-18(14-27-15-20)17-32-10-4-2-3-5-11-32/h6-9,12-16H,2-5,10-11,17H2,1H3,(H,29,33)(H,30,31). The Bertz CT molecular complexity index is 1490. The number of H-pyrrole nitrogens is 1. The summed E-state index contributed by atoms with van der Waals surface area (Å²) in [6, 6.07) is 10.8. The molecule has 186 valence electrons. The number of benzene rings is 1. The minimum absolute atomic E-state index is 0.0537. The Morgan fingerprint density at radius 1 is 1.00 bits per heavy atom. The van der Waals surface area contributed by atoms with Gasteiger partial charge in [-0.15, -0.1) is 0 Å². The third kappa shape index (κ3) is 5.44. The summed E-state index contributed by atoms with van der Waals surface area (Å²) in [7, 11) is -3.41. The van der Waals surface area contributed by atoms with E-state index >= 15 is 0 Å². The summed E-state index contributed by atoms with van der Waals surface area (Å²) in [5.74, 6) is -0.416. The van der Waals surface area contributed by atoms with Crippen molar-refractivity contribution in [3.63, 3.8) is 0 Å². The molecule has 1 aromatic carbocycles. The fourth-order valence-electron chi connectivity index (χ4n) is 4.51. The number of aromatic amines is 1. The van der Waals surface area contributed by atoms with Crippen LogP contribution >= 0.6 is 0 Å². The number of aromatic nitrogens is 4. The molecule has 1 aliphatic heterocycles. The molecule has 9 nitrogen and oxygen atoms in total. The van der Waals surface area contributed by atoms with Gasteiger partial charge in [0, 0.05) is 36.1 Å². The number of carbonyl (C=O) groups is 1. The highest BCUT2D eigenvalue weighted by Gasteiger charge is 2.17. The maximum absolute atomic E-state index is 13.0. The van der Waals surface area contributed by atoms with Gasteiger partial charge in [0.05, 0.1) is 17.4 Å². The topological polar surface area (TPSA) is 121 Å². The van der Waals surface area contributed by atoms with Crippen molar-refractivity contribution in [1.82, 2.24) is 25.1 Å². The molecule has 1 amide bonds. The van der Waals surface area contributed by atoms with Crippen LogP contribution in [0.4, 0.5) is 5.69 Å². The first-order valence-corrected chi connectivity index (χ1v) is 13.9. The summed E-state index contributed by atoms with van der Waals surface area (Å²) in [4.78, 5) is 23.8. The number of hydrogen-bond acceptors (Lipinski definition) is 7. The molecule has 5 rings (SSSR count). The Hall–Kier alpha value is -3.63. The van der Waals surface area contributed by atoms with E-state index < -0.39 is 15.7 Å². The van der Waals surface area contributed by atoms with Crippen molar-refractivity contribution in [3.05, 3.63) is 66.2 Å². The van der Waals surface area contributed by atoms with Gasteiger partial charge in [-0.2, -0.15) is 5.10 Å². The number of rotatable bonds is 6. The molecule has 0 saturated carbocycles. The number of sulfone groups is 1. The van der Waals surface area contributed by atoms with Gasteiger partial charge in [-0.1, -0.05) is 18.9 Å². The Labute approximate surface area is 209 Å². The lowest BCUT2D eigenvalue weighted by Gasteiger charge is -2.19. The number of nitrogens with zero attached hydrogens (tertiary/aromatic N) is 4. The van der Waals surface area contributed by atoms with E-state index in [0.717, 1.165) is 42.5 Å². The molecule has 0 bridgehead atoms. The number of amides is 1. The number of fused-ring (bicyclic) bond motifs is 1. The van der Waals surface area contributed by atoms with Crippen LogP contribution in [0.15, 0.2) is 60.0 Å². The van der Waals surface area contributed by atoms with Gasteiger partial charge < -0.3 is 5.32 Å². The summed E-state index contributed by atoms with van der Waals surface area (Å²) in [5.41, 5.74) is 4.46. The van der Waals surface area contributed by atoms with Gasteiger partial charge in [0.2, 0.25) is 0 Å². The van der Waals surface area contributed by atoms with Crippen LogP contribution < -0.4 is 5.32 Å². The Kier molecular flexibility index (Phi) is 6.80. The number of pyridine rings is 2. The average molecular weight is 505 g/mol. The molecule has 10 heteroatoms. The van der Waals surface area contributed by atoms with Gasteiger partial charge in [0.1, 0.15) is 0 Å². The van der Waals surface area contributed by atoms with E-state index in [4.69, 9.17) is 0 Å². The van der Waals surface area contributed by atoms with Crippen LogP contribution in [0.5, 0.6) is 0 Å². The summed E-state index contributed by atoms with van der Waals surface area (Å²) in [6.07, 6.45) is 11.3. The molecule has 36 heavy (non-hydrogen) atoms. The van der Waals surface area contributed by atoms with Crippen LogP contribution in [0.3, 0.4) is 0 Å². The first kappa shape index (κ1) is 24.1. The molecule has 4 aromatic rings. The van der Waals surface area contributed by atoms with Crippen molar-refractivity contribution >= 4 is 32.3 Å². The lowest BCUT2D eigenvalue weighted by Crippen LogP contribution is -2.24. The van der Waals surface area contributed by atoms with E-state index in [9.17, 15) is 13.2 Å². The zero-order valence-corrected chi connectivity index (χ0v) is 20.9. The second-order valence-electron chi connectivity index (χ2n) is 9.22. The third-order valence-corrected chi connectivity index (χ3v) is 7.39. The first-order valence-electron chi connectivity index (χ1n) is 12.0. The van der Waals surface area contributed by atoms with Gasteiger partial charge in [-0.3, -0.25) is 19.8 Å². The maximum atomic E-state index is 13.0. The molecular formula is C26H28N6O3S. The molecule has 3 aromatic heterocycles. The largest absolute Gasteiger partial charge is 0.319 e. The van der Waals surface area contributed by atoms with Crippen molar-refractivity contribution in [2.24, 2.45) is 0 Å². The van der Waals surface area contributed by atoms with Crippen molar-refractivity contribution in [2.75, 3.05) is 24.7 Å². The van der Waals surface area contributed by atoms with Crippen LogP contribution in [0.2, 0.25) is 0 Å². The molecule has 1 saturated heterocycles. The van der Waals surface area contributed by atoms with Gasteiger partial charge in [0.15, 0.2) is 20.6 Å². The van der Waals surface area contributed by atoms with E-state index in [1.54, 1.807) is 0 Å². The molecule has 0 aliphatic carbocycles. The Balaban J connectivity index is 1.37. The van der Waals surface area contributed by atoms with E-state index in [2.05, 4.69) is 36.4 Å². The zero-order valence-electron chi connectivity index (χ0n) is 20.1. The highest BCUT2D eigenvalue weighted by Crippen LogP contribution is 2.27. The summed E-state index contributed by atoms with van der Waals surface area (Å²) < 4.78 is 23.2. The number of likely N-dealkylation sites (tertiary alicyclic amines) is 1. The quantitative estimate of drug-likeness (QED) is 0.406. The second kappa shape index (κ2) is 10.2. The lowest BCUT2D eigenvalue weighted by atomic mass is 10.0. The van der Waals surface area contributed by atoms with Crippen LogP contribution in [0, 0.1) is 0 Å². The summed E-state index contributed by atoms with van der Waals surface area (Å²) in [5, 5.41) is 10.5. The minimum Gasteiger partial charge on any atom is -0.319 e. The average Bonchev–Trinajstić information content (AvgIpc) is 3.12. The molecule has 1 fully saturated rings.